The molecule has 1 saturated heterocycles. The molecule has 0 aromatic rings. The van der Waals surface area contributed by atoms with Crippen molar-refractivity contribution in [3.8, 4) is 0 Å². The summed E-state index contributed by atoms with van der Waals surface area (Å²) in [5.41, 5.74) is 0. The minimum absolute atomic E-state index is 0.181. The quantitative estimate of drug-likeness (QED) is 0.443. The van der Waals surface area contributed by atoms with Gasteiger partial charge in [0.05, 0.1) is 0 Å². The lowest BCUT2D eigenvalue weighted by Crippen LogP contribution is -2.28. The predicted octanol–water partition coefficient (Wildman–Crippen LogP) is 0.451. The molecule has 63 valence electrons. The summed E-state index contributed by atoms with van der Waals surface area (Å²) in [6.45, 7) is 2.20. The van der Waals surface area contributed by atoms with Gasteiger partial charge in [0.1, 0.15) is 6.61 Å². The van der Waals surface area contributed by atoms with Crippen LogP contribution in [0.3, 0.4) is 0 Å². The first-order chi connectivity index (χ1) is 5.20. The Hall–Kier alpha value is -0.840. The molecule has 5 heteroatoms. The molecule has 0 amide bonds. The van der Waals surface area contributed by atoms with E-state index in [-0.39, 0.29) is 12.6 Å². The van der Waals surface area contributed by atoms with Crippen LogP contribution >= 0.6 is 0 Å². The molecule has 0 aromatic carbocycles. The second-order valence-electron chi connectivity index (χ2n) is 2.60. The summed E-state index contributed by atoms with van der Waals surface area (Å²) in [5, 5.41) is 9.07. The molecule has 5 nitrogen and oxygen atoms in total. The van der Waals surface area contributed by atoms with Gasteiger partial charge in [-0.05, 0) is 19.9 Å². The Balaban J connectivity index is 2.20. The zero-order chi connectivity index (χ0) is 8.27. The molecule has 1 rings (SSSR count). The van der Waals surface area contributed by atoms with E-state index in [0.717, 1.165) is 12.8 Å². The second kappa shape index (κ2) is 3.52. The van der Waals surface area contributed by atoms with Crippen molar-refractivity contribution in [2.75, 3.05) is 13.7 Å². The monoisotopic (exact) mass is 159 g/mol. The third kappa shape index (κ3) is 2.34. The highest BCUT2D eigenvalue weighted by atomic mass is 16.9. The van der Waals surface area contributed by atoms with Crippen molar-refractivity contribution in [1.29, 1.82) is 0 Å². The topological polar surface area (TPSA) is 55.6 Å². The van der Waals surface area contributed by atoms with Crippen molar-refractivity contribution in [3.63, 3.8) is 0 Å². The van der Waals surface area contributed by atoms with Crippen LogP contribution in [0.4, 0.5) is 0 Å². The largest absolute Gasteiger partial charge is 0.312 e. The van der Waals surface area contributed by atoms with Gasteiger partial charge in [-0.15, -0.1) is 10.1 Å². The smallest absolute Gasteiger partial charge is 0.294 e. The average Bonchev–Trinajstić information content (AvgIpc) is 2.31. The molecule has 0 saturated carbocycles. The number of likely N-dealkylation sites (tertiary alicyclic amines) is 1. The van der Waals surface area contributed by atoms with E-state index in [2.05, 4.69) is 4.84 Å². The Bertz CT molecular complexity index is 151. The van der Waals surface area contributed by atoms with Crippen LogP contribution in [-0.4, -0.2) is 29.7 Å². The maximum atomic E-state index is 9.82. The lowest BCUT2D eigenvalue weighted by molar-refractivity contribution is -0.758. The lowest BCUT2D eigenvalue weighted by Gasteiger charge is -2.16. The Morgan fingerprint density at radius 2 is 2.64 bits per heavy atom. The highest BCUT2D eigenvalue weighted by molar-refractivity contribution is 4.83. The van der Waals surface area contributed by atoms with Gasteiger partial charge in [-0.1, -0.05) is 0 Å². The Morgan fingerprint density at radius 1 is 1.91 bits per heavy atom. The zero-order valence-electron chi connectivity index (χ0n) is 6.40. The molecule has 1 fully saturated rings. The highest BCUT2D eigenvalue weighted by Crippen LogP contribution is 2.18. The van der Waals surface area contributed by atoms with Crippen LogP contribution in [0.5, 0.6) is 0 Å². The Kier molecular flexibility index (Phi) is 2.64. The third-order valence-corrected chi connectivity index (χ3v) is 1.87. The molecule has 0 aromatic heterocycles. The predicted molar refractivity (Wildman–Crippen MR) is 38.0 cm³/mol. The van der Waals surface area contributed by atoms with Gasteiger partial charge in [-0.2, -0.15) is 0 Å². The van der Waals surface area contributed by atoms with Crippen LogP contribution in [0.2, 0.25) is 0 Å². The van der Waals surface area contributed by atoms with Gasteiger partial charge in [0.2, 0.25) is 0 Å². The standard InChI is InChI=1S/C6H11N2O3/c1-7-4-2-3-6(7)5-11-8(9)10/h4,6H,2-3,5H2,1H3. The van der Waals surface area contributed by atoms with Crippen LogP contribution in [0.25, 0.3) is 0 Å². The molecule has 1 unspecified atom stereocenters. The van der Waals surface area contributed by atoms with Crippen LogP contribution in [-0.2, 0) is 4.84 Å². The molecular formula is C6H11N2O3. The maximum absolute atomic E-state index is 9.82. The second-order valence-corrected chi connectivity index (χ2v) is 2.60. The summed E-state index contributed by atoms with van der Waals surface area (Å²) in [4.78, 5) is 16.0. The molecular weight excluding hydrogens is 148 g/mol. The minimum atomic E-state index is -0.744. The van der Waals surface area contributed by atoms with E-state index in [9.17, 15) is 10.1 Å². The van der Waals surface area contributed by atoms with E-state index in [1.54, 1.807) is 0 Å². The van der Waals surface area contributed by atoms with Gasteiger partial charge in [0, 0.05) is 12.6 Å². The average molecular weight is 159 g/mol. The van der Waals surface area contributed by atoms with Gasteiger partial charge in [0.15, 0.2) is 0 Å². The Morgan fingerprint density at radius 3 is 3.09 bits per heavy atom. The minimum Gasteiger partial charge on any atom is -0.312 e. The van der Waals surface area contributed by atoms with Crippen molar-refractivity contribution >= 4 is 0 Å². The fraction of sp³-hybridized carbons (Fsp3) is 0.833. The highest BCUT2D eigenvalue weighted by Gasteiger charge is 2.21. The SMILES string of the molecule is CN1[CH]CCC1CO[N+](=O)[O-]. The van der Waals surface area contributed by atoms with E-state index in [0.29, 0.717) is 0 Å². The van der Waals surface area contributed by atoms with Gasteiger partial charge in [-0.3, -0.25) is 4.90 Å². The molecule has 11 heavy (non-hydrogen) atoms. The molecule has 0 aliphatic carbocycles. The van der Waals surface area contributed by atoms with E-state index in [1.807, 2.05) is 18.5 Å². The van der Waals surface area contributed by atoms with Crippen molar-refractivity contribution in [3.05, 3.63) is 16.7 Å². The molecule has 1 aliphatic rings. The summed E-state index contributed by atoms with van der Waals surface area (Å²) in [6.07, 6.45) is 1.94. The molecule has 1 aliphatic heterocycles. The molecule has 1 atom stereocenters. The Labute approximate surface area is 65.0 Å². The maximum Gasteiger partial charge on any atom is 0.294 e. The molecule has 0 bridgehead atoms. The van der Waals surface area contributed by atoms with Crippen LogP contribution < -0.4 is 0 Å². The van der Waals surface area contributed by atoms with E-state index < -0.39 is 5.09 Å². The van der Waals surface area contributed by atoms with Crippen molar-refractivity contribution in [2.24, 2.45) is 0 Å². The summed E-state index contributed by atoms with van der Waals surface area (Å²) >= 11 is 0. The van der Waals surface area contributed by atoms with Crippen LogP contribution in [0, 0.1) is 16.7 Å². The van der Waals surface area contributed by atoms with Gasteiger partial charge in [-0.25, -0.2) is 0 Å². The summed E-state index contributed by atoms with van der Waals surface area (Å²) in [7, 11) is 1.90. The number of hydrogen-bond acceptors (Lipinski definition) is 4. The fourth-order valence-corrected chi connectivity index (χ4v) is 1.17. The van der Waals surface area contributed by atoms with Gasteiger partial charge >= 0.3 is 0 Å². The van der Waals surface area contributed by atoms with Crippen molar-refractivity contribution in [1.82, 2.24) is 4.90 Å². The van der Waals surface area contributed by atoms with Crippen LogP contribution in [0.1, 0.15) is 12.8 Å². The van der Waals surface area contributed by atoms with E-state index in [4.69, 9.17) is 0 Å². The normalized spacial score (nSPS) is 25.4. The first-order valence-electron chi connectivity index (χ1n) is 3.52. The van der Waals surface area contributed by atoms with E-state index >= 15 is 0 Å². The molecule has 0 N–H and O–H groups in total. The lowest BCUT2D eigenvalue weighted by atomic mass is 10.2. The zero-order valence-corrected chi connectivity index (χ0v) is 6.40. The number of hydrogen-bond donors (Lipinski definition) is 0. The van der Waals surface area contributed by atoms with E-state index in [1.165, 1.54) is 0 Å². The number of likely N-dealkylation sites (N-methyl/N-ethyl adjacent to an activating group) is 1. The number of nitrogens with zero attached hydrogens (tertiary/aromatic N) is 2. The van der Waals surface area contributed by atoms with Gasteiger partial charge in [0.25, 0.3) is 5.09 Å². The van der Waals surface area contributed by atoms with Gasteiger partial charge < -0.3 is 4.84 Å². The molecule has 1 heterocycles. The summed E-state index contributed by atoms with van der Waals surface area (Å²) in [5.74, 6) is 0. The van der Waals surface area contributed by atoms with Crippen molar-refractivity contribution in [2.45, 2.75) is 18.9 Å². The summed E-state index contributed by atoms with van der Waals surface area (Å²) in [6, 6.07) is 0.181. The molecule has 0 spiro atoms. The summed E-state index contributed by atoms with van der Waals surface area (Å²) < 4.78 is 0. The van der Waals surface area contributed by atoms with Crippen molar-refractivity contribution < 1.29 is 9.92 Å². The third-order valence-electron chi connectivity index (χ3n) is 1.87. The molecule has 1 radical (unpaired) electrons. The fourth-order valence-electron chi connectivity index (χ4n) is 1.17. The number of rotatable bonds is 3. The van der Waals surface area contributed by atoms with Crippen LogP contribution in [0.15, 0.2) is 0 Å². The first kappa shape index (κ1) is 8.26. The first-order valence-corrected chi connectivity index (χ1v) is 3.52.